The third-order valence-electron chi connectivity index (χ3n) is 16.9. The Morgan fingerprint density at radius 3 is 2.38 bits per heavy atom. The van der Waals surface area contributed by atoms with Gasteiger partial charge < -0.3 is 23.8 Å². The maximum atomic E-state index is 14.7. The molecule has 7 nitrogen and oxygen atoms in total. The number of rotatable bonds is 10. The minimum Gasteiger partial charge on any atom is -0.461 e. The number of likely N-dealkylation sites (N-methyl/N-ethyl adjacent to an activating group) is 1. The van der Waals surface area contributed by atoms with Crippen LogP contribution in [0.3, 0.4) is 0 Å². The van der Waals surface area contributed by atoms with Gasteiger partial charge in [0.1, 0.15) is 6.61 Å². The highest BCUT2D eigenvalue weighted by Gasteiger charge is 2.72. The fourth-order valence-electron chi connectivity index (χ4n) is 13.2. The third kappa shape index (κ3) is 6.06. The monoisotopic (exact) mass is 719 g/mol. The molecule has 0 radical (unpaired) electrons. The number of ether oxygens (including phenoxy) is 4. The zero-order valence-electron chi connectivity index (χ0n) is 34.0. The Bertz CT molecular complexity index is 1460. The van der Waals surface area contributed by atoms with E-state index in [4.69, 9.17) is 18.9 Å². The fourth-order valence-corrected chi connectivity index (χ4v) is 13.2. The van der Waals surface area contributed by atoms with Gasteiger partial charge in [0.15, 0.2) is 0 Å². The Kier molecular flexibility index (Phi) is 10.6. The highest BCUT2D eigenvalue weighted by Crippen LogP contribution is 2.75. The minimum absolute atomic E-state index is 0.00164. The summed E-state index contributed by atoms with van der Waals surface area (Å²) in [6.45, 7) is 24.9. The van der Waals surface area contributed by atoms with Crippen molar-refractivity contribution in [3.8, 4) is 0 Å². The number of esters is 1. The lowest BCUT2D eigenvalue weighted by atomic mass is 9.34. The van der Waals surface area contributed by atoms with E-state index in [1.54, 1.807) is 5.57 Å². The van der Waals surface area contributed by atoms with Crippen molar-refractivity contribution in [1.82, 2.24) is 9.80 Å². The molecule has 2 heterocycles. The lowest BCUT2D eigenvalue weighted by Crippen LogP contribution is -2.70. The number of hydrogen-bond donors (Lipinski definition) is 0. The Hall–Kier alpha value is -1.77. The van der Waals surface area contributed by atoms with Crippen LogP contribution in [0.25, 0.3) is 0 Å². The summed E-state index contributed by atoms with van der Waals surface area (Å²) in [4.78, 5) is 19.7. The van der Waals surface area contributed by atoms with Crippen molar-refractivity contribution in [2.45, 2.75) is 106 Å². The first-order valence-electron chi connectivity index (χ1n) is 20.8. The van der Waals surface area contributed by atoms with Crippen LogP contribution in [0, 0.1) is 56.7 Å². The Balaban J connectivity index is 1.19. The van der Waals surface area contributed by atoms with E-state index in [-0.39, 0.29) is 51.2 Å². The predicted octanol–water partition coefficient (Wildman–Crippen LogP) is 7.88. The van der Waals surface area contributed by atoms with E-state index in [1.165, 1.54) is 6.42 Å². The molecular weight excluding hydrogens is 649 g/mol. The molecule has 0 N–H and O–H groups in total. The van der Waals surface area contributed by atoms with Crippen molar-refractivity contribution in [2.24, 2.45) is 56.7 Å². The first kappa shape index (κ1) is 38.5. The molecule has 2 aliphatic heterocycles. The fraction of sp³-hybridized carbons (Fsp3) is 0.800. The normalized spacial score (nSPS) is 42.8. The first-order valence-corrected chi connectivity index (χ1v) is 20.8. The molecule has 4 aliphatic carbocycles. The van der Waals surface area contributed by atoms with Crippen molar-refractivity contribution < 1.29 is 23.7 Å². The Labute approximate surface area is 315 Å². The average molecular weight is 719 g/mol. The van der Waals surface area contributed by atoms with E-state index in [1.807, 2.05) is 25.3 Å². The molecule has 2 bridgehead atoms. The Morgan fingerprint density at radius 2 is 1.69 bits per heavy atom. The average Bonchev–Trinajstić information content (AvgIpc) is 3.12. The first-order chi connectivity index (χ1) is 24.7. The SMILES string of the molecule is CO[C@@H]1C[C@@]23COC[C@](C)([C@@H]2CC[C@H]2C3=CC[C@@]3(C)[C@H](C(=O)OCc4ccccc4)[C@@](C)([C@H](C)C(C)C)CC[C@]23C)[C@H]1OCCN1CCN(C)CC1. The van der Waals surface area contributed by atoms with Crippen LogP contribution in [0.2, 0.25) is 0 Å². The van der Waals surface area contributed by atoms with Crippen LogP contribution in [0.4, 0.5) is 0 Å². The molecule has 7 heteroatoms. The van der Waals surface area contributed by atoms with Crippen LogP contribution in [-0.4, -0.2) is 94.7 Å². The molecule has 3 saturated carbocycles. The van der Waals surface area contributed by atoms with Crippen LogP contribution in [-0.2, 0) is 30.3 Å². The predicted molar refractivity (Wildman–Crippen MR) is 207 cm³/mol. The second kappa shape index (κ2) is 14.4. The molecule has 0 spiro atoms. The van der Waals surface area contributed by atoms with Crippen LogP contribution < -0.4 is 0 Å². The summed E-state index contributed by atoms with van der Waals surface area (Å²) in [5, 5.41) is 0. The van der Waals surface area contributed by atoms with Gasteiger partial charge in [-0.3, -0.25) is 9.69 Å². The van der Waals surface area contributed by atoms with Crippen molar-refractivity contribution in [2.75, 3.05) is 66.7 Å². The molecule has 11 atom stereocenters. The number of methoxy groups -OCH3 is 1. The number of benzene rings is 1. The van der Waals surface area contributed by atoms with Gasteiger partial charge in [0.25, 0.3) is 0 Å². The van der Waals surface area contributed by atoms with Crippen LogP contribution in [0.5, 0.6) is 0 Å². The third-order valence-corrected chi connectivity index (χ3v) is 16.9. The summed E-state index contributed by atoms with van der Waals surface area (Å²) in [6, 6.07) is 10.2. The molecule has 2 saturated heterocycles. The van der Waals surface area contributed by atoms with E-state index in [9.17, 15) is 4.79 Å². The number of allylic oxidation sites excluding steroid dienone is 1. The van der Waals surface area contributed by atoms with Gasteiger partial charge in [0, 0.05) is 50.7 Å². The number of fused-ring (bicyclic) bond motifs is 3. The van der Waals surface area contributed by atoms with Gasteiger partial charge in [-0.05, 0) is 91.1 Å². The summed E-state index contributed by atoms with van der Waals surface area (Å²) < 4.78 is 26.5. The number of carbonyl (C=O) groups excluding carboxylic acids is 1. The number of hydrogen-bond acceptors (Lipinski definition) is 7. The number of nitrogens with zero attached hydrogens (tertiary/aromatic N) is 2. The lowest BCUT2D eigenvalue weighted by molar-refractivity contribution is -0.267. The van der Waals surface area contributed by atoms with Gasteiger partial charge in [-0.15, -0.1) is 0 Å². The summed E-state index contributed by atoms with van der Waals surface area (Å²) in [5.41, 5.74) is 2.08. The molecule has 52 heavy (non-hydrogen) atoms. The summed E-state index contributed by atoms with van der Waals surface area (Å²) in [6.07, 6.45) is 9.02. The second-order valence-electron chi connectivity index (χ2n) is 19.5. The molecule has 0 amide bonds. The number of carbonyl (C=O) groups is 1. The van der Waals surface area contributed by atoms with Gasteiger partial charge in [-0.2, -0.15) is 0 Å². The molecule has 0 unspecified atom stereocenters. The van der Waals surface area contributed by atoms with Crippen molar-refractivity contribution >= 4 is 5.97 Å². The van der Waals surface area contributed by atoms with Gasteiger partial charge >= 0.3 is 5.97 Å². The van der Waals surface area contributed by atoms with E-state index in [0.717, 1.165) is 90.2 Å². The highest BCUT2D eigenvalue weighted by molar-refractivity contribution is 5.75. The molecule has 1 aromatic rings. The maximum absolute atomic E-state index is 14.7. The van der Waals surface area contributed by atoms with E-state index in [0.29, 0.717) is 30.3 Å². The standard InChI is InChI=1S/C45H70N2O5/c1-31(2)32(3)41(4)19-20-43(6)34-15-16-37-42(5)29-50-30-45(37,27-36(49-9)39(42)51-26-25-47-23-21-46(8)22-24-47)35(34)17-18-44(43,7)38(41)40(48)52-28-33-13-11-10-12-14-33/h10-14,17,31-32,34,36-39H,15-16,18-30H2,1-9H3/t32-,34+,36-,37+,38-,39+,41-,42-,43-,44+,45+/m1/s1. The molecule has 0 aromatic heterocycles. The van der Waals surface area contributed by atoms with Gasteiger partial charge in [-0.1, -0.05) is 90.4 Å². The topological polar surface area (TPSA) is 60.5 Å². The Morgan fingerprint density at radius 1 is 0.962 bits per heavy atom. The van der Waals surface area contributed by atoms with Crippen LogP contribution in [0.1, 0.15) is 92.6 Å². The van der Waals surface area contributed by atoms with E-state index < -0.39 is 0 Å². The highest BCUT2D eigenvalue weighted by atomic mass is 16.5. The molecule has 5 fully saturated rings. The lowest BCUT2D eigenvalue weighted by Gasteiger charge is -2.71. The largest absolute Gasteiger partial charge is 0.461 e. The van der Waals surface area contributed by atoms with Crippen LogP contribution in [0.15, 0.2) is 42.0 Å². The molecular formula is C45H70N2O5. The molecule has 290 valence electrons. The molecule has 7 rings (SSSR count). The minimum atomic E-state index is -0.225. The van der Waals surface area contributed by atoms with E-state index in [2.05, 4.69) is 83.5 Å². The molecule has 6 aliphatic rings. The second-order valence-corrected chi connectivity index (χ2v) is 19.5. The van der Waals surface area contributed by atoms with Gasteiger partial charge in [-0.25, -0.2) is 0 Å². The molecule has 1 aromatic carbocycles. The van der Waals surface area contributed by atoms with Gasteiger partial charge in [0.05, 0.1) is 37.9 Å². The van der Waals surface area contributed by atoms with Crippen LogP contribution >= 0.6 is 0 Å². The number of piperazine rings is 1. The van der Waals surface area contributed by atoms with Crippen molar-refractivity contribution in [3.63, 3.8) is 0 Å². The van der Waals surface area contributed by atoms with E-state index >= 15 is 0 Å². The zero-order valence-corrected chi connectivity index (χ0v) is 34.0. The summed E-state index contributed by atoms with van der Waals surface area (Å²) in [5.74, 6) is 1.59. The maximum Gasteiger partial charge on any atom is 0.310 e. The summed E-state index contributed by atoms with van der Waals surface area (Å²) in [7, 11) is 4.11. The summed E-state index contributed by atoms with van der Waals surface area (Å²) >= 11 is 0. The van der Waals surface area contributed by atoms with Gasteiger partial charge in [0.2, 0.25) is 0 Å². The zero-order chi connectivity index (χ0) is 37.1. The van der Waals surface area contributed by atoms with Crippen molar-refractivity contribution in [3.05, 3.63) is 47.5 Å². The quantitative estimate of drug-likeness (QED) is 0.180. The van der Waals surface area contributed by atoms with Crippen molar-refractivity contribution in [1.29, 1.82) is 0 Å². The smallest absolute Gasteiger partial charge is 0.310 e.